The molecular formula is C32H36N2O5. The van der Waals surface area contributed by atoms with Crippen LogP contribution in [0, 0.1) is 0 Å². The molecule has 0 N–H and O–H groups in total. The summed E-state index contributed by atoms with van der Waals surface area (Å²) in [6.07, 6.45) is 7.39. The van der Waals surface area contributed by atoms with Gasteiger partial charge in [-0.25, -0.2) is 0 Å². The van der Waals surface area contributed by atoms with Crippen molar-refractivity contribution in [1.29, 1.82) is 0 Å². The second-order valence-corrected chi connectivity index (χ2v) is 10.7. The van der Waals surface area contributed by atoms with Crippen LogP contribution in [-0.2, 0) is 21.4 Å². The van der Waals surface area contributed by atoms with Crippen LogP contribution in [0.1, 0.15) is 60.6 Å². The van der Waals surface area contributed by atoms with Crippen molar-refractivity contribution in [3.05, 3.63) is 83.2 Å². The maximum atomic E-state index is 13.5. The van der Waals surface area contributed by atoms with Gasteiger partial charge in [0.1, 0.15) is 17.6 Å². The molecule has 7 nitrogen and oxygen atoms in total. The molecule has 1 aliphatic carbocycles. The average molecular weight is 529 g/mol. The molecule has 0 radical (unpaired) electrons. The number of methoxy groups -OCH3 is 1. The fourth-order valence-electron chi connectivity index (χ4n) is 5.81. The highest BCUT2D eigenvalue weighted by atomic mass is 16.7. The van der Waals surface area contributed by atoms with Crippen LogP contribution in [0.5, 0.6) is 17.2 Å². The number of aromatic nitrogens is 1. The Morgan fingerprint density at radius 3 is 2.62 bits per heavy atom. The lowest BCUT2D eigenvalue weighted by atomic mass is 9.88. The molecule has 2 aromatic carbocycles. The summed E-state index contributed by atoms with van der Waals surface area (Å²) in [5.74, 6) is 2.44. The molecule has 2 fully saturated rings. The first-order chi connectivity index (χ1) is 19.2. The third kappa shape index (κ3) is 5.52. The zero-order valence-electron chi connectivity index (χ0n) is 22.6. The van der Waals surface area contributed by atoms with E-state index in [0.717, 1.165) is 72.1 Å². The van der Waals surface area contributed by atoms with Crippen LogP contribution in [0.25, 0.3) is 0 Å². The zero-order valence-corrected chi connectivity index (χ0v) is 22.6. The van der Waals surface area contributed by atoms with Crippen LogP contribution in [0.4, 0.5) is 0 Å². The largest absolute Gasteiger partial charge is 0.496 e. The van der Waals surface area contributed by atoms with Crippen LogP contribution >= 0.6 is 0 Å². The van der Waals surface area contributed by atoms with E-state index < -0.39 is 5.41 Å². The predicted molar refractivity (Wildman–Crippen MR) is 148 cm³/mol. The fraction of sp³-hybridized carbons (Fsp3) is 0.438. The lowest BCUT2D eigenvalue weighted by molar-refractivity contribution is -0.120. The number of Topliss-reactive ketones (excluding diaryl/α,β-unsaturated/α-hetero) is 1. The summed E-state index contributed by atoms with van der Waals surface area (Å²) in [6.45, 7) is 4.05. The van der Waals surface area contributed by atoms with Gasteiger partial charge in [-0.3, -0.25) is 9.78 Å². The Morgan fingerprint density at radius 2 is 1.85 bits per heavy atom. The highest BCUT2D eigenvalue weighted by Gasteiger charge is 2.51. The number of para-hydroxylation sites is 1. The summed E-state index contributed by atoms with van der Waals surface area (Å²) in [5, 5.41) is 0. The highest BCUT2D eigenvalue weighted by molar-refractivity contribution is 5.94. The van der Waals surface area contributed by atoms with E-state index in [4.69, 9.17) is 23.9 Å². The number of likely N-dealkylation sites (tertiary alicyclic amines) is 1. The van der Waals surface area contributed by atoms with E-state index in [1.165, 1.54) is 19.3 Å². The molecule has 1 aromatic heterocycles. The molecule has 1 saturated heterocycles. The van der Waals surface area contributed by atoms with Gasteiger partial charge in [-0.1, -0.05) is 36.8 Å². The van der Waals surface area contributed by atoms with E-state index in [1.807, 2.05) is 60.8 Å². The number of hydrogen-bond donors (Lipinski definition) is 0. The number of hydrogen-bond acceptors (Lipinski definition) is 7. The van der Waals surface area contributed by atoms with E-state index in [0.29, 0.717) is 13.0 Å². The topological polar surface area (TPSA) is 70.1 Å². The molecule has 3 aliphatic rings. The van der Waals surface area contributed by atoms with Gasteiger partial charge in [-0.15, -0.1) is 0 Å². The molecule has 204 valence electrons. The lowest BCUT2D eigenvalue weighted by Crippen LogP contribution is -2.33. The van der Waals surface area contributed by atoms with Gasteiger partial charge in [0.2, 0.25) is 6.79 Å². The Labute approximate surface area is 230 Å². The SMILES string of the molecule is COc1ccccc1C(OCCN1CCCCC1)c1ccc(CC(=O)C2(c3ccc4c(c3)OCO4)CC2)nc1. The smallest absolute Gasteiger partial charge is 0.231 e. The summed E-state index contributed by atoms with van der Waals surface area (Å²) in [4.78, 5) is 20.6. The number of piperidine rings is 1. The van der Waals surface area contributed by atoms with Gasteiger partial charge in [0, 0.05) is 36.0 Å². The normalized spacial score (nSPS) is 18.5. The van der Waals surface area contributed by atoms with Gasteiger partial charge in [-0.2, -0.15) is 0 Å². The second kappa shape index (κ2) is 11.4. The monoisotopic (exact) mass is 528 g/mol. The number of carbonyl (C=O) groups excluding carboxylic acids is 1. The quantitative estimate of drug-likeness (QED) is 0.337. The van der Waals surface area contributed by atoms with Crippen LogP contribution in [-0.4, -0.2) is 55.8 Å². The molecule has 3 aromatic rings. The van der Waals surface area contributed by atoms with Crippen molar-refractivity contribution < 1.29 is 23.7 Å². The summed E-state index contributed by atoms with van der Waals surface area (Å²) in [5.41, 5.74) is 3.25. The minimum absolute atomic E-state index is 0.195. The number of rotatable bonds is 11. The minimum atomic E-state index is -0.446. The van der Waals surface area contributed by atoms with Crippen LogP contribution in [0.2, 0.25) is 0 Å². The standard InChI is InChI=1S/C32H36N2O5/c1-36-27-8-4-3-7-26(27)31(37-18-17-34-15-5-2-6-16-34)23-9-11-25(33-21-23)20-30(35)32(13-14-32)24-10-12-28-29(19-24)39-22-38-28/h3-4,7-12,19,21,31H,2,5-6,13-18,20,22H2,1H3. The van der Waals surface area contributed by atoms with Crippen molar-refractivity contribution in [3.8, 4) is 17.2 Å². The molecule has 39 heavy (non-hydrogen) atoms. The van der Waals surface area contributed by atoms with Gasteiger partial charge in [0.05, 0.1) is 19.1 Å². The molecule has 1 atom stereocenters. The zero-order chi connectivity index (χ0) is 26.7. The number of carbonyl (C=O) groups is 1. The number of benzene rings is 2. The molecule has 0 spiro atoms. The Morgan fingerprint density at radius 1 is 1.03 bits per heavy atom. The Bertz CT molecular complexity index is 1300. The molecule has 1 saturated carbocycles. The van der Waals surface area contributed by atoms with Gasteiger partial charge >= 0.3 is 0 Å². The van der Waals surface area contributed by atoms with Crippen molar-refractivity contribution >= 4 is 5.78 Å². The van der Waals surface area contributed by atoms with Crippen LogP contribution in [0.3, 0.4) is 0 Å². The van der Waals surface area contributed by atoms with Gasteiger partial charge in [0.15, 0.2) is 11.5 Å². The van der Waals surface area contributed by atoms with E-state index in [9.17, 15) is 4.79 Å². The third-order valence-corrected chi connectivity index (χ3v) is 8.26. The van der Waals surface area contributed by atoms with Gasteiger partial charge in [0.25, 0.3) is 0 Å². The molecule has 6 rings (SSSR count). The van der Waals surface area contributed by atoms with E-state index in [2.05, 4.69) is 4.90 Å². The van der Waals surface area contributed by atoms with Crippen molar-refractivity contribution in [2.75, 3.05) is 40.1 Å². The summed E-state index contributed by atoms with van der Waals surface area (Å²) in [7, 11) is 1.68. The molecule has 7 heteroatoms. The van der Waals surface area contributed by atoms with E-state index in [1.54, 1.807) is 7.11 Å². The van der Waals surface area contributed by atoms with Crippen molar-refractivity contribution in [3.63, 3.8) is 0 Å². The number of fused-ring (bicyclic) bond motifs is 1. The number of ether oxygens (including phenoxy) is 4. The van der Waals surface area contributed by atoms with E-state index in [-0.39, 0.29) is 18.7 Å². The number of pyridine rings is 1. The molecule has 1 unspecified atom stereocenters. The molecular weight excluding hydrogens is 492 g/mol. The lowest BCUT2D eigenvalue weighted by Gasteiger charge is -2.27. The Balaban J connectivity index is 1.16. The van der Waals surface area contributed by atoms with Crippen LogP contribution < -0.4 is 14.2 Å². The van der Waals surface area contributed by atoms with Crippen molar-refractivity contribution in [2.45, 2.75) is 50.0 Å². The first-order valence-electron chi connectivity index (χ1n) is 14.0. The molecule has 0 bridgehead atoms. The summed E-state index contributed by atoms with van der Waals surface area (Å²) >= 11 is 0. The maximum absolute atomic E-state index is 13.5. The Hall–Kier alpha value is -3.42. The Kier molecular flexibility index (Phi) is 7.53. The molecule has 3 heterocycles. The first-order valence-corrected chi connectivity index (χ1v) is 14.0. The van der Waals surface area contributed by atoms with Crippen LogP contribution in [0.15, 0.2) is 60.8 Å². The summed E-state index contributed by atoms with van der Waals surface area (Å²) < 4.78 is 23.1. The third-order valence-electron chi connectivity index (χ3n) is 8.26. The molecule has 2 aliphatic heterocycles. The predicted octanol–water partition coefficient (Wildman–Crippen LogP) is 5.25. The summed E-state index contributed by atoms with van der Waals surface area (Å²) in [6, 6.07) is 17.8. The maximum Gasteiger partial charge on any atom is 0.231 e. The number of ketones is 1. The van der Waals surface area contributed by atoms with Crippen molar-refractivity contribution in [2.24, 2.45) is 0 Å². The van der Waals surface area contributed by atoms with Crippen molar-refractivity contribution in [1.82, 2.24) is 9.88 Å². The highest BCUT2D eigenvalue weighted by Crippen LogP contribution is 2.51. The second-order valence-electron chi connectivity index (χ2n) is 10.7. The molecule has 0 amide bonds. The minimum Gasteiger partial charge on any atom is -0.496 e. The fourth-order valence-corrected chi connectivity index (χ4v) is 5.81. The number of nitrogens with zero attached hydrogens (tertiary/aromatic N) is 2. The van der Waals surface area contributed by atoms with Gasteiger partial charge in [-0.05, 0) is 68.6 Å². The average Bonchev–Trinajstić information content (AvgIpc) is 3.67. The van der Waals surface area contributed by atoms with E-state index >= 15 is 0 Å². The first kappa shape index (κ1) is 25.8. The van der Waals surface area contributed by atoms with Gasteiger partial charge < -0.3 is 23.8 Å².